The van der Waals surface area contributed by atoms with Gasteiger partial charge in [-0.2, -0.15) is 0 Å². The van der Waals surface area contributed by atoms with Gasteiger partial charge in [-0.15, -0.1) is 0 Å². The number of carbonyl (C=O) groups is 1. The zero-order chi connectivity index (χ0) is 14.5. The summed E-state index contributed by atoms with van der Waals surface area (Å²) in [5.74, 6) is -2.51. The molecule has 5 heteroatoms. The lowest BCUT2D eigenvalue weighted by atomic mass is 10.1. The van der Waals surface area contributed by atoms with Crippen LogP contribution in [-0.2, 0) is 11.3 Å². The van der Waals surface area contributed by atoms with Crippen LogP contribution in [0.1, 0.15) is 15.9 Å². The minimum Gasteiger partial charge on any atom is -0.369 e. The Morgan fingerprint density at radius 1 is 1.10 bits per heavy atom. The van der Waals surface area contributed by atoms with Gasteiger partial charge in [0.25, 0.3) is 0 Å². The second kappa shape index (κ2) is 6.72. The van der Waals surface area contributed by atoms with Crippen molar-refractivity contribution >= 4 is 21.7 Å². The molecule has 0 saturated heterocycles. The van der Waals surface area contributed by atoms with Gasteiger partial charge in [0.05, 0.1) is 12.2 Å². The van der Waals surface area contributed by atoms with Crippen molar-refractivity contribution < 1.29 is 18.3 Å². The van der Waals surface area contributed by atoms with Crippen LogP contribution in [0.5, 0.6) is 0 Å². The Morgan fingerprint density at radius 2 is 1.70 bits per heavy atom. The molecular formula is C15H11BrF2O2. The Kier molecular flexibility index (Phi) is 4.98. The smallest absolute Gasteiger partial charge is 0.194 e. The zero-order valence-electron chi connectivity index (χ0n) is 10.4. The predicted molar refractivity (Wildman–Crippen MR) is 74.5 cm³/mol. The highest BCUT2D eigenvalue weighted by molar-refractivity contribution is 9.10. The number of hydrogen-bond acceptors (Lipinski definition) is 2. The minimum atomic E-state index is -0.898. The Labute approximate surface area is 123 Å². The van der Waals surface area contributed by atoms with Crippen LogP contribution in [0.4, 0.5) is 8.78 Å². The number of halogens is 3. The SMILES string of the molecule is O=C(COCc1ccccc1)c1c(F)cc(Br)cc1F. The van der Waals surface area contributed by atoms with E-state index in [1.807, 2.05) is 30.3 Å². The van der Waals surface area contributed by atoms with Gasteiger partial charge in [0.2, 0.25) is 0 Å². The number of Topliss-reactive ketones (excluding diaryl/α,β-unsaturated/α-hetero) is 1. The van der Waals surface area contributed by atoms with Crippen molar-refractivity contribution in [2.75, 3.05) is 6.61 Å². The van der Waals surface area contributed by atoms with Crippen LogP contribution in [0, 0.1) is 11.6 Å². The van der Waals surface area contributed by atoms with E-state index in [9.17, 15) is 13.6 Å². The fraction of sp³-hybridized carbons (Fsp3) is 0.133. The summed E-state index contributed by atoms with van der Waals surface area (Å²) in [5, 5.41) is 0. The molecule has 0 fully saturated rings. The summed E-state index contributed by atoms with van der Waals surface area (Å²) in [4.78, 5) is 11.8. The highest BCUT2D eigenvalue weighted by Gasteiger charge is 2.18. The van der Waals surface area contributed by atoms with Gasteiger partial charge >= 0.3 is 0 Å². The van der Waals surface area contributed by atoms with Gasteiger partial charge in [-0.25, -0.2) is 8.78 Å². The van der Waals surface area contributed by atoms with Crippen molar-refractivity contribution in [3.63, 3.8) is 0 Å². The largest absolute Gasteiger partial charge is 0.369 e. The van der Waals surface area contributed by atoms with Crippen molar-refractivity contribution in [2.45, 2.75) is 6.61 Å². The summed E-state index contributed by atoms with van der Waals surface area (Å²) in [6.07, 6.45) is 0. The topological polar surface area (TPSA) is 26.3 Å². The molecule has 0 bridgehead atoms. The second-order valence-corrected chi connectivity index (χ2v) is 5.06. The maximum absolute atomic E-state index is 13.6. The lowest BCUT2D eigenvalue weighted by Gasteiger charge is -2.06. The van der Waals surface area contributed by atoms with E-state index in [2.05, 4.69) is 15.9 Å². The molecule has 2 rings (SSSR count). The third-order valence-corrected chi connectivity index (χ3v) is 3.09. The molecule has 0 spiro atoms. The van der Waals surface area contributed by atoms with Crippen LogP contribution >= 0.6 is 15.9 Å². The Balaban J connectivity index is 1.99. The Hall–Kier alpha value is -1.59. The summed E-state index contributed by atoms with van der Waals surface area (Å²) in [6.45, 7) is -0.156. The zero-order valence-corrected chi connectivity index (χ0v) is 12.0. The first-order chi connectivity index (χ1) is 9.58. The molecule has 2 aromatic carbocycles. The molecular weight excluding hydrogens is 330 g/mol. The average Bonchev–Trinajstić information content (AvgIpc) is 2.38. The maximum Gasteiger partial charge on any atom is 0.194 e. The van der Waals surface area contributed by atoms with Crippen LogP contribution in [-0.4, -0.2) is 12.4 Å². The third kappa shape index (κ3) is 3.71. The van der Waals surface area contributed by atoms with E-state index in [0.717, 1.165) is 17.7 Å². The molecule has 0 heterocycles. The van der Waals surface area contributed by atoms with E-state index in [0.29, 0.717) is 0 Å². The summed E-state index contributed by atoms with van der Waals surface area (Å²) < 4.78 is 32.6. The number of hydrogen-bond donors (Lipinski definition) is 0. The van der Waals surface area contributed by atoms with Crippen LogP contribution in [0.25, 0.3) is 0 Å². The number of carbonyl (C=O) groups excluding carboxylic acids is 1. The molecule has 20 heavy (non-hydrogen) atoms. The van der Waals surface area contributed by atoms with Crippen molar-refractivity contribution in [3.05, 3.63) is 69.7 Å². The predicted octanol–water partition coefficient (Wildman–Crippen LogP) is 4.13. The Bertz CT molecular complexity index is 592. The van der Waals surface area contributed by atoms with Crippen molar-refractivity contribution in [1.29, 1.82) is 0 Å². The van der Waals surface area contributed by atoms with Gasteiger partial charge in [-0.1, -0.05) is 46.3 Å². The first-order valence-electron chi connectivity index (χ1n) is 5.87. The molecule has 0 aromatic heterocycles. The standard InChI is InChI=1S/C15H11BrF2O2/c16-11-6-12(17)15(13(18)7-11)14(19)9-20-8-10-4-2-1-3-5-10/h1-7H,8-9H2. The fourth-order valence-corrected chi connectivity index (χ4v) is 2.12. The van der Waals surface area contributed by atoms with Crippen LogP contribution in [0.15, 0.2) is 46.9 Å². The molecule has 0 radical (unpaired) electrons. The van der Waals surface area contributed by atoms with Crippen molar-refractivity contribution in [1.82, 2.24) is 0 Å². The van der Waals surface area contributed by atoms with E-state index in [1.165, 1.54) is 0 Å². The molecule has 0 saturated carbocycles. The summed E-state index contributed by atoms with van der Waals surface area (Å²) in [7, 11) is 0. The van der Waals surface area contributed by atoms with Gasteiger partial charge in [-0.05, 0) is 17.7 Å². The van der Waals surface area contributed by atoms with Crippen LogP contribution in [0.3, 0.4) is 0 Å². The fourth-order valence-electron chi connectivity index (χ4n) is 1.72. The van der Waals surface area contributed by atoms with E-state index in [1.54, 1.807) is 0 Å². The molecule has 0 N–H and O–H groups in total. The second-order valence-electron chi connectivity index (χ2n) is 4.15. The van der Waals surface area contributed by atoms with Gasteiger partial charge in [-0.3, -0.25) is 4.79 Å². The molecule has 0 atom stereocenters. The van der Waals surface area contributed by atoms with E-state index in [4.69, 9.17) is 4.74 Å². The van der Waals surface area contributed by atoms with Crippen molar-refractivity contribution in [3.8, 4) is 0 Å². The summed E-state index contributed by atoms with van der Waals surface area (Å²) in [6, 6.07) is 11.3. The molecule has 0 aliphatic carbocycles. The van der Waals surface area contributed by atoms with Gasteiger partial charge < -0.3 is 4.74 Å². The van der Waals surface area contributed by atoms with Crippen molar-refractivity contribution in [2.24, 2.45) is 0 Å². The number of benzene rings is 2. The first kappa shape index (κ1) is 14.8. The van der Waals surface area contributed by atoms with Crippen LogP contribution in [0.2, 0.25) is 0 Å². The number of ether oxygens (including phenoxy) is 1. The molecule has 0 amide bonds. The molecule has 0 aliphatic heterocycles. The highest BCUT2D eigenvalue weighted by atomic mass is 79.9. The Morgan fingerprint density at radius 3 is 2.30 bits per heavy atom. The van der Waals surface area contributed by atoms with E-state index >= 15 is 0 Å². The lowest BCUT2D eigenvalue weighted by molar-refractivity contribution is 0.0718. The van der Waals surface area contributed by atoms with Gasteiger partial charge in [0, 0.05) is 4.47 Å². The lowest BCUT2D eigenvalue weighted by Crippen LogP contribution is -2.13. The third-order valence-electron chi connectivity index (χ3n) is 2.63. The number of rotatable bonds is 5. The van der Waals surface area contributed by atoms with E-state index < -0.39 is 23.0 Å². The molecule has 0 unspecified atom stereocenters. The number of ketones is 1. The molecule has 2 aromatic rings. The first-order valence-corrected chi connectivity index (χ1v) is 6.66. The molecule has 2 nitrogen and oxygen atoms in total. The maximum atomic E-state index is 13.6. The molecule has 0 aliphatic rings. The monoisotopic (exact) mass is 340 g/mol. The van der Waals surface area contributed by atoms with Gasteiger partial charge in [0.1, 0.15) is 18.2 Å². The summed E-state index contributed by atoms with van der Waals surface area (Å²) in [5.41, 5.74) is 0.318. The minimum absolute atomic E-state index is 0.215. The van der Waals surface area contributed by atoms with Crippen LogP contribution < -0.4 is 0 Å². The quantitative estimate of drug-likeness (QED) is 0.765. The van der Waals surface area contributed by atoms with Gasteiger partial charge in [0.15, 0.2) is 5.78 Å². The highest BCUT2D eigenvalue weighted by Crippen LogP contribution is 2.20. The molecule has 104 valence electrons. The summed E-state index contributed by atoms with van der Waals surface area (Å²) >= 11 is 2.96. The average molecular weight is 341 g/mol. The van der Waals surface area contributed by atoms with E-state index in [-0.39, 0.29) is 17.7 Å². The normalized spacial score (nSPS) is 10.6.